The summed E-state index contributed by atoms with van der Waals surface area (Å²) < 4.78 is 0. The Hall–Kier alpha value is -1.26. The molecule has 3 rings (SSSR count). The van der Waals surface area contributed by atoms with Crippen molar-refractivity contribution in [3.63, 3.8) is 0 Å². The quantitative estimate of drug-likeness (QED) is 0.899. The molecule has 2 saturated carbocycles. The largest absolute Gasteiger partial charge is 0.506 e. The molecule has 1 aromatic carbocycles. The number of likely N-dealkylation sites (N-methyl/N-ethyl adjacent to an activating group) is 1. The van der Waals surface area contributed by atoms with Crippen molar-refractivity contribution in [1.29, 1.82) is 0 Å². The lowest BCUT2D eigenvalue weighted by atomic mass is 10.0. The Morgan fingerprint density at radius 3 is 2.50 bits per heavy atom. The maximum absolute atomic E-state index is 12.5. The minimum Gasteiger partial charge on any atom is -0.506 e. The molecule has 5 heteroatoms. The third-order valence-electron chi connectivity index (χ3n) is 5.27. The van der Waals surface area contributed by atoms with E-state index in [1.807, 2.05) is 11.9 Å². The molecule has 1 amide bonds. The molecule has 0 saturated heterocycles. The Balaban J connectivity index is 1.59. The average Bonchev–Trinajstić information content (AvgIpc) is 2.99. The second-order valence-electron chi connectivity index (χ2n) is 6.74. The smallest absolute Gasteiger partial charge is 0.226 e. The molecule has 0 radical (unpaired) electrons. The van der Waals surface area contributed by atoms with Gasteiger partial charge in [-0.1, -0.05) is 17.7 Å². The van der Waals surface area contributed by atoms with Crippen LogP contribution in [0, 0.1) is 11.8 Å². The van der Waals surface area contributed by atoms with Crippen LogP contribution in [0.3, 0.4) is 0 Å². The van der Waals surface area contributed by atoms with Gasteiger partial charge in [0.15, 0.2) is 0 Å². The first-order chi connectivity index (χ1) is 10.4. The third kappa shape index (κ3) is 3.08. The van der Waals surface area contributed by atoms with E-state index < -0.39 is 0 Å². The van der Waals surface area contributed by atoms with Crippen LogP contribution < -0.4 is 0 Å². The fourth-order valence-electron chi connectivity index (χ4n) is 4.03. The molecule has 2 unspecified atom stereocenters. The molecule has 2 fully saturated rings. The van der Waals surface area contributed by atoms with Crippen LogP contribution in [0.2, 0.25) is 5.02 Å². The number of aliphatic hydroxyl groups excluding tert-OH is 1. The van der Waals surface area contributed by atoms with Crippen LogP contribution in [0.5, 0.6) is 5.75 Å². The Kier molecular flexibility index (Phi) is 4.33. The molecule has 120 valence electrons. The molecule has 0 heterocycles. The molecular formula is C17H22ClNO3. The summed E-state index contributed by atoms with van der Waals surface area (Å²) in [5.41, 5.74) is 0.813. The second-order valence-corrected chi connectivity index (χ2v) is 7.14. The molecule has 22 heavy (non-hydrogen) atoms. The van der Waals surface area contributed by atoms with Crippen LogP contribution in [-0.4, -0.2) is 40.2 Å². The topological polar surface area (TPSA) is 60.8 Å². The lowest BCUT2D eigenvalue weighted by molar-refractivity contribution is -0.131. The summed E-state index contributed by atoms with van der Waals surface area (Å²) in [5.74, 6) is 1.25. The van der Waals surface area contributed by atoms with E-state index in [0.29, 0.717) is 18.3 Å². The van der Waals surface area contributed by atoms with Gasteiger partial charge >= 0.3 is 0 Å². The first-order valence-electron chi connectivity index (χ1n) is 7.85. The number of phenols is 1. The van der Waals surface area contributed by atoms with Gasteiger partial charge in [-0.2, -0.15) is 0 Å². The van der Waals surface area contributed by atoms with E-state index in [1.165, 1.54) is 6.07 Å². The average molecular weight is 324 g/mol. The number of hydrogen-bond donors (Lipinski definition) is 2. The fourth-order valence-corrected chi connectivity index (χ4v) is 4.24. The van der Waals surface area contributed by atoms with Gasteiger partial charge in [0.2, 0.25) is 5.91 Å². The van der Waals surface area contributed by atoms with E-state index in [2.05, 4.69) is 0 Å². The molecule has 4 atom stereocenters. The Morgan fingerprint density at radius 2 is 1.91 bits per heavy atom. The molecule has 2 aliphatic rings. The van der Waals surface area contributed by atoms with E-state index in [-0.39, 0.29) is 28.8 Å². The number of nitrogens with zero attached hydrogens (tertiary/aromatic N) is 1. The minimum absolute atomic E-state index is 0.0356. The highest BCUT2D eigenvalue weighted by molar-refractivity contribution is 6.32. The molecule has 1 aromatic rings. The molecule has 2 aliphatic carbocycles. The second kappa shape index (κ2) is 6.09. The summed E-state index contributed by atoms with van der Waals surface area (Å²) in [6.45, 7) is 0. The number of aliphatic hydroxyl groups is 1. The normalized spacial score (nSPS) is 30.3. The van der Waals surface area contributed by atoms with Gasteiger partial charge in [0.1, 0.15) is 5.75 Å². The summed E-state index contributed by atoms with van der Waals surface area (Å²) in [5, 5.41) is 19.4. The predicted octanol–water partition coefficient (Wildman–Crippen LogP) is 2.60. The van der Waals surface area contributed by atoms with Gasteiger partial charge < -0.3 is 15.1 Å². The molecule has 0 bridgehead atoms. The van der Waals surface area contributed by atoms with Gasteiger partial charge in [0.05, 0.1) is 17.5 Å². The van der Waals surface area contributed by atoms with Gasteiger partial charge in [0.25, 0.3) is 0 Å². The molecular weight excluding hydrogens is 302 g/mol. The highest BCUT2D eigenvalue weighted by atomic mass is 35.5. The molecule has 0 aliphatic heterocycles. The predicted molar refractivity (Wildman–Crippen MR) is 84.8 cm³/mol. The van der Waals surface area contributed by atoms with Crippen molar-refractivity contribution in [2.24, 2.45) is 11.8 Å². The highest BCUT2D eigenvalue weighted by Crippen LogP contribution is 2.45. The van der Waals surface area contributed by atoms with Gasteiger partial charge in [-0.15, -0.1) is 0 Å². The van der Waals surface area contributed by atoms with Crippen LogP contribution in [0.4, 0.5) is 0 Å². The van der Waals surface area contributed by atoms with Crippen molar-refractivity contribution in [1.82, 2.24) is 4.90 Å². The number of rotatable bonds is 3. The van der Waals surface area contributed by atoms with Crippen LogP contribution in [0.25, 0.3) is 0 Å². The number of fused-ring (bicyclic) bond motifs is 1. The zero-order valence-corrected chi connectivity index (χ0v) is 13.5. The lowest BCUT2D eigenvalue weighted by Gasteiger charge is -2.26. The SMILES string of the molecule is CN(C(=O)Cc1ccc(O)c(Cl)c1)C1C[C@H]2CC(O)C[C@H]2C1. The fraction of sp³-hybridized carbons (Fsp3) is 0.588. The monoisotopic (exact) mass is 323 g/mol. The zero-order valence-electron chi connectivity index (χ0n) is 12.7. The van der Waals surface area contributed by atoms with Crippen molar-refractivity contribution in [2.45, 2.75) is 44.2 Å². The molecule has 2 N–H and O–H groups in total. The standard InChI is InChI=1S/C17H22ClNO3/c1-19(13-6-11-8-14(20)9-12(11)7-13)17(22)5-10-2-3-16(21)15(18)4-10/h2-4,11-14,20-21H,5-9H2,1H3/t11-,12+,13?,14?. The van der Waals surface area contributed by atoms with Crippen molar-refractivity contribution >= 4 is 17.5 Å². The maximum Gasteiger partial charge on any atom is 0.226 e. The van der Waals surface area contributed by atoms with Crippen molar-refractivity contribution in [3.8, 4) is 5.75 Å². The Morgan fingerprint density at radius 1 is 1.27 bits per heavy atom. The van der Waals surface area contributed by atoms with Crippen molar-refractivity contribution < 1.29 is 15.0 Å². The number of phenolic OH excluding ortho intramolecular Hbond substituents is 1. The number of benzene rings is 1. The number of halogens is 1. The van der Waals surface area contributed by atoms with Gasteiger partial charge in [0, 0.05) is 13.1 Å². The number of carbonyl (C=O) groups is 1. The minimum atomic E-state index is -0.143. The van der Waals surface area contributed by atoms with E-state index in [1.54, 1.807) is 12.1 Å². The van der Waals surface area contributed by atoms with Crippen LogP contribution in [0.15, 0.2) is 18.2 Å². The van der Waals surface area contributed by atoms with Gasteiger partial charge in [-0.05, 0) is 55.2 Å². The van der Waals surface area contributed by atoms with Crippen LogP contribution in [0.1, 0.15) is 31.2 Å². The zero-order chi connectivity index (χ0) is 15.9. The number of aromatic hydroxyl groups is 1. The lowest BCUT2D eigenvalue weighted by Crippen LogP contribution is -2.37. The van der Waals surface area contributed by atoms with E-state index in [9.17, 15) is 15.0 Å². The molecule has 4 nitrogen and oxygen atoms in total. The van der Waals surface area contributed by atoms with Crippen molar-refractivity contribution in [3.05, 3.63) is 28.8 Å². The first kappa shape index (κ1) is 15.6. The van der Waals surface area contributed by atoms with Crippen LogP contribution in [-0.2, 0) is 11.2 Å². The maximum atomic E-state index is 12.5. The van der Waals surface area contributed by atoms with Gasteiger partial charge in [-0.3, -0.25) is 4.79 Å². The highest BCUT2D eigenvalue weighted by Gasteiger charge is 2.42. The van der Waals surface area contributed by atoms with E-state index >= 15 is 0 Å². The molecule has 0 spiro atoms. The third-order valence-corrected chi connectivity index (χ3v) is 5.58. The number of hydrogen-bond acceptors (Lipinski definition) is 3. The Bertz CT molecular complexity index is 563. The Labute approximate surface area is 135 Å². The number of amides is 1. The number of carbonyl (C=O) groups excluding carboxylic acids is 1. The summed E-state index contributed by atoms with van der Waals surface area (Å²) in [6, 6.07) is 5.17. The van der Waals surface area contributed by atoms with E-state index in [4.69, 9.17) is 11.6 Å². The summed E-state index contributed by atoms with van der Waals surface area (Å²) in [4.78, 5) is 14.3. The first-order valence-corrected chi connectivity index (χ1v) is 8.23. The summed E-state index contributed by atoms with van der Waals surface area (Å²) in [6.07, 6.45) is 3.93. The summed E-state index contributed by atoms with van der Waals surface area (Å²) in [7, 11) is 1.87. The summed E-state index contributed by atoms with van der Waals surface area (Å²) >= 11 is 5.88. The van der Waals surface area contributed by atoms with Gasteiger partial charge in [-0.25, -0.2) is 0 Å². The van der Waals surface area contributed by atoms with Crippen molar-refractivity contribution in [2.75, 3.05) is 7.05 Å². The van der Waals surface area contributed by atoms with E-state index in [0.717, 1.165) is 31.2 Å². The molecule has 0 aromatic heterocycles. The van der Waals surface area contributed by atoms with Crippen LogP contribution >= 0.6 is 11.6 Å².